The normalized spacial score (nSPS) is 10.8. The van der Waals surface area contributed by atoms with E-state index >= 15 is 0 Å². The van der Waals surface area contributed by atoms with Gasteiger partial charge in [0.2, 0.25) is 0 Å². The van der Waals surface area contributed by atoms with Crippen LogP contribution in [0.25, 0.3) is 0 Å². The smallest absolute Gasteiger partial charge is 0.272 e. The lowest BCUT2D eigenvalue weighted by Gasteiger charge is -2.20. The van der Waals surface area contributed by atoms with Crippen molar-refractivity contribution in [3.8, 4) is 0 Å². The van der Waals surface area contributed by atoms with Crippen LogP contribution in [0.2, 0.25) is 0 Å². The zero-order valence-corrected chi connectivity index (χ0v) is 19.9. The molecule has 0 unspecified atom stereocenters. The average Bonchev–Trinajstić information content (AvgIpc) is 3.22. The summed E-state index contributed by atoms with van der Waals surface area (Å²) in [5.41, 5.74) is 3.95. The molecule has 0 saturated heterocycles. The number of hydrogen-bond acceptors (Lipinski definition) is 3. The zero-order valence-electron chi connectivity index (χ0n) is 17.8. The number of halogens is 1. The van der Waals surface area contributed by atoms with Gasteiger partial charge in [0, 0.05) is 30.5 Å². The molecule has 0 saturated carbocycles. The molecule has 2 N–H and O–H groups in total. The second kappa shape index (κ2) is 11.1. The van der Waals surface area contributed by atoms with Gasteiger partial charge in [0.05, 0.1) is 22.9 Å². The van der Waals surface area contributed by atoms with Crippen LogP contribution in [0.4, 0.5) is 5.69 Å². The van der Waals surface area contributed by atoms with Crippen LogP contribution < -0.4 is 10.6 Å². The third kappa shape index (κ3) is 6.18. The second-order valence-corrected chi connectivity index (χ2v) is 8.19. The molecule has 0 aliphatic rings. The molecule has 3 aromatic rings. The van der Waals surface area contributed by atoms with Crippen molar-refractivity contribution in [1.29, 1.82) is 0 Å². The largest absolute Gasteiger partial charge is 0.348 e. The maximum Gasteiger partial charge on any atom is 0.272 e. The highest BCUT2D eigenvalue weighted by Crippen LogP contribution is 2.15. The Labute approximate surface area is 197 Å². The summed E-state index contributed by atoms with van der Waals surface area (Å²) in [5.74, 6) is -0.395. The number of carbonyl (C=O) groups excluding carboxylic acids is 2. The Balaban J connectivity index is 1.65. The van der Waals surface area contributed by atoms with Crippen molar-refractivity contribution in [2.24, 2.45) is 0 Å². The van der Waals surface area contributed by atoms with E-state index in [4.69, 9.17) is 0 Å². The molecule has 0 aliphatic heterocycles. The van der Waals surface area contributed by atoms with Crippen molar-refractivity contribution in [3.63, 3.8) is 0 Å². The highest BCUT2D eigenvalue weighted by molar-refractivity contribution is 14.1. The Kier molecular flexibility index (Phi) is 8.25. The van der Waals surface area contributed by atoms with Crippen LogP contribution in [-0.2, 0) is 13.1 Å². The van der Waals surface area contributed by atoms with E-state index in [0.717, 1.165) is 25.2 Å². The minimum atomic E-state index is -0.220. The lowest BCUT2D eigenvalue weighted by Crippen LogP contribution is -2.26. The summed E-state index contributed by atoms with van der Waals surface area (Å²) in [5, 5.41) is 5.85. The first kappa shape index (κ1) is 23.0. The fourth-order valence-electron chi connectivity index (χ4n) is 3.32. The maximum atomic E-state index is 12.7. The van der Waals surface area contributed by atoms with Crippen LogP contribution >= 0.6 is 22.9 Å². The van der Waals surface area contributed by atoms with Gasteiger partial charge in [-0.1, -0.05) is 44.2 Å². The summed E-state index contributed by atoms with van der Waals surface area (Å²) in [7, 11) is 0. The molecule has 162 valence electrons. The third-order valence-corrected chi connectivity index (χ3v) is 6.00. The van der Waals surface area contributed by atoms with E-state index in [0.29, 0.717) is 23.5 Å². The maximum absolute atomic E-state index is 12.7. The van der Waals surface area contributed by atoms with Crippen molar-refractivity contribution < 1.29 is 9.59 Å². The fourth-order valence-corrected chi connectivity index (χ4v) is 3.88. The average molecular weight is 530 g/mol. The first-order valence-electron chi connectivity index (χ1n) is 10.3. The minimum Gasteiger partial charge on any atom is -0.348 e. The first-order valence-corrected chi connectivity index (χ1v) is 11.3. The number of hydrogen-bond donors (Lipinski definition) is 2. The number of carbonyl (C=O) groups is 2. The number of nitrogens with one attached hydrogen (secondary N) is 2. The summed E-state index contributed by atoms with van der Waals surface area (Å²) >= 11 is 2.05. The molecule has 1 aromatic heterocycles. The number of benzene rings is 2. The van der Waals surface area contributed by atoms with Gasteiger partial charge >= 0.3 is 0 Å². The van der Waals surface area contributed by atoms with Crippen LogP contribution in [-0.4, -0.2) is 32.6 Å². The topological polar surface area (TPSA) is 66.4 Å². The molecule has 0 bridgehead atoms. The van der Waals surface area contributed by atoms with Crippen molar-refractivity contribution in [3.05, 3.63) is 89.2 Å². The van der Waals surface area contributed by atoms with E-state index in [9.17, 15) is 9.59 Å². The Hall–Kier alpha value is -2.65. The zero-order chi connectivity index (χ0) is 22.2. The van der Waals surface area contributed by atoms with E-state index in [1.807, 2.05) is 18.2 Å². The van der Waals surface area contributed by atoms with Gasteiger partial charge in [0.15, 0.2) is 0 Å². The summed E-state index contributed by atoms with van der Waals surface area (Å²) in [6.45, 7) is 7.58. The number of rotatable bonds is 9. The van der Waals surface area contributed by atoms with Crippen LogP contribution in [0.5, 0.6) is 0 Å². The number of nitrogens with zero attached hydrogens (tertiary/aromatic N) is 2. The van der Waals surface area contributed by atoms with E-state index in [2.05, 4.69) is 64.4 Å². The molecule has 0 spiro atoms. The van der Waals surface area contributed by atoms with Crippen molar-refractivity contribution >= 4 is 40.4 Å². The lowest BCUT2D eigenvalue weighted by molar-refractivity contribution is 0.0949. The highest BCUT2D eigenvalue weighted by Gasteiger charge is 2.12. The highest BCUT2D eigenvalue weighted by atomic mass is 127. The standard InChI is InChI=1S/C24H27IN4O2/c1-3-28(4-2)17-20-10-6-5-9-19(20)16-26-23(30)18-11-7-12-21(15-18)27-24(31)22-13-8-14-29(22)25/h5-15H,3-4,16-17H2,1-2H3,(H,26,30)(H,27,31). The molecule has 0 radical (unpaired) electrons. The van der Waals surface area contributed by atoms with Crippen LogP contribution in [0.3, 0.4) is 0 Å². The SMILES string of the molecule is CCN(CC)Cc1ccccc1CNC(=O)c1cccc(NC(=O)c2cccn2I)c1. The van der Waals surface area contributed by atoms with Crippen LogP contribution in [0.1, 0.15) is 45.8 Å². The summed E-state index contributed by atoms with van der Waals surface area (Å²) in [4.78, 5) is 27.5. The number of aromatic nitrogens is 1. The van der Waals surface area contributed by atoms with Gasteiger partial charge in [-0.25, -0.2) is 0 Å². The predicted octanol–water partition coefficient (Wildman–Crippen LogP) is 4.71. The summed E-state index contributed by atoms with van der Waals surface area (Å²) < 4.78 is 1.72. The van der Waals surface area contributed by atoms with E-state index in [1.165, 1.54) is 5.56 Å². The Morgan fingerprint density at radius 3 is 2.35 bits per heavy atom. The molecule has 1 heterocycles. The van der Waals surface area contributed by atoms with Gasteiger partial charge in [-0.15, -0.1) is 0 Å². The van der Waals surface area contributed by atoms with Crippen LogP contribution in [0.15, 0.2) is 66.9 Å². The van der Waals surface area contributed by atoms with E-state index in [1.54, 1.807) is 39.3 Å². The molecular weight excluding hydrogens is 503 g/mol. The Morgan fingerprint density at radius 2 is 1.68 bits per heavy atom. The van der Waals surface area contributed by atoms with Gasteiger partial charge < -0.3 is 10.6 Å². The van der Waals surface area contributed by atoms with Gasteiger partial charge in [-0.2, -0.15) is 0 Å². The van der Waals surface area contributed by atoms with E-state index in [-0.39, 0.29) is 11.8 Å². The molecule has 0 fully saturated rings. The quantitative estimate of drug-likeness (QED) is 0.394. The van der Waals surface area contributed by atoms with Crippen LogP contribution in [0, 0.1) is 0 Å². The molecule has 7 heteroatoms. The summed E-state index contributed by atoms with van der Waals surface area (Å²) in [6, 6.07) is 18.7. The molecule has 0 atom stereocenters. The van der Waals surface area contributed by atoms with E-state index < -0.39 is 0 Å². The van der Waals surface area contributed by atoms with Crippen molar-refractivity contribution in [2.45, 2.75) is 26.9 Å². The molecule has 31 heavy (non-hydrogen) atoms. The molecule has 2 aromatic carbocycles. The number of amides is 2. The fraction of sp³-hybridized carbons (Fsp3) is 0.250. The number of anilines is 1. The van der Waals surface area contributed by atoms with Gasteiger partial charge in [-0.05, 0) is 54.5 Å². The predicted molar refractivity (Wildman–Crippen MR) is 132 cm³/mol. The Bertz CT molecular complexity index is 1040. The van der Waals surface area contributed by atoms with Gasteiger partial charge in [0.25, 0.3) is 11.8 Å². The summed E-state index contributed by atoms with van der Waals surface area (Å²) in [6.07, 6.45) is 1.80. The third-order valence-electron chi connectivity index (χ3n) is 5.16. The second-order valence-electron chi connectivity index (χ2n) is 7.15. The van der Waals surface area contributed by atoms with Gasteiger partial charge in [-0.3, -0.25) is 17.3 Å². The molecule has 3 rings (SSSR count). The minimum absolute atomic E-state index is 0.175. The molecule has 6 nitrogen and oxygen atoms in total. The lowest BCUT2D eigenvalue weighted by atomic mass is 10.1. The monoisotopic (exact) mass is 530 g/mol. The first-order chi connectivity index (χ1) is 15.0. The molecule has 0 aliphatic carbocycles. The van der Waals surface area contributed by atoms with Gasteiger partial charge in [0.1, 0.15) is 5.69 Å². The molecule has 2 amide bonds. The molecular formula is C24H27IN4O2. The Morgan fingerprint density at radius 1 is 0.935 bits per heavy atom. The van der Waals surface area contributed by atoms with Crippen molar-refractivity contribution in [1.82, 2.24) is 13.0 Å². The van der Waals surface area contributed by atoms with Crippen molar-refractivity contribution in [2.75, 3.05) is 18.4 Å².